The first-order valence-corrected chi connectivity index (χ1v) is 11.8. The Balaban J connectivity index is 0.000000301. The monoisotopic (exact) mass is 575 g/mol. The molecule has 2 atom stereocenters. The highest BCUT2D eigenvalue weighted by Gasteiger charge is 2.39. The minimum atomic E-state index is -5.08. The van der Waals surface area contributed by atoms with E-state index in [1.807, 2.05) is 17.6 Å². The molecule has 2 aliphatic heterocycles. The van der Waals surface area contributed by atoms with Crippen LogP contribution in [0.3, 0.4) is 0 Å². The first kappa shape index (κ1) is 31.4. The molecule has 1 aromatic heterocycles. The Morgan fingerprint density at radius 3 is 2.16 bits per heavy atom. The first-order chi connectivity index (χ1) is 17.7. The lowest BCUT2D eigenvalue weighted by Gasteiger charge is -2.36. The average molecular weight is 576 g/mol. The number of piperazine rings is 1. The molecular weight excluding hydrogens is 551 g/mol. The third-order valence-electron chi connectivity index (χ3n) is 5.42. The van der Waals surface area contributed by atoms with Gasteiger partial charge in [0.05, 0.1) is 19.3 Å². The van der Waals surface area contributed by atoms with Crippen molar-refractivity contribution < 1.29 is 55.3 Å². The zero-order valence-corrected chi connectivity index (χ0v) is 20.4. The summed E-state index contributed by atoms with van der Waals surface area (Å²) in [4.78, 5) is 27.2. The highest BCUT2D eigenvalue weighted by molar-refractivity contribution is 7.09. The van der Waals surface area contributed by atoms with Crippen molar-refractivity contribution in [3.8, 4) is 0 Å². The molecule has 2 N–H and O–H groups in total. The number of ether oxygens (including phenoxy) is 1. The SMILES string of the molecule is Fc1ccccc1CO[C@@H]1C[C@H]2CN(Cc3nccs3)CCN2C1.O=C(O)C(F)(F)F.O=C(O)C(F)(F)F. The number of carboxylic acid groups (broad SMARTS) is 2. The fourth-order valence-corrected chi connectivity index (χ4v) is 4.33. The Labute approximate surface area is 216 Å². The van der Waals surface area contributed by atoms with Gasteiger partial charge >= 0.3 is 24.3 Å². The van der Waals surface area contributed by atoms with Crippen molar-refractivity contribution in [3.05, 3.63) is 52.2 Å². The van der Waals surface area contributed by atoms with E-state index in [1.165, 1.54) is 11.1 Å². The number of aliphatic carboxylic acids is 2. The third-order valence-corrected chi connectivity index (χ3v) is 6.19. The van der Waals surface area contributed by atoms with Gasteiger partial charge in [-0.15, -0.1) is 11.3 Å². The van der Waals surface area contributed by atoms with E-state index in [0.717, 1.165) is 39.1 Å². The van der Waals surface area contributed by atoms with Gasteiger partial charge in [-0.25, -0.2) is 19.0 Å². The Morgan fingerprint density at radius 2 is 1.63 bits per heavy atom. The van der Waals surface area contributed by atoms with Crippen LogP contribution < -0.4 is 0 Å². The molecule has 16 heteroatoms. The fourth-order valence-electron chi connectivity index (χ4n) is 3.67. The van der Waals surface area contributed by atoms with Gasteiger partial charge in [0.25, 0.3) is 0 Å². The molecule has 0 spiro atoms. The second-order valence-corrected chi connectivity index (χ2v) is 9.15. The van der Waals surface area contributed by atoms with Crippen LogP contribution in [0.25, 0.3) is 0 Å². The topological polar surface area (TPSA) is 103 Å². The molecule has 2 fully saturated rings. The van der Waals surface area contributed by atoms with Crippen LogP contribution in [0.15, 0.2) is 35.8 Å². The lowest BCUT2D eigenvalue weighted by molar-refractivity contribution is -0.193. The van der Waals surface area contributed by atoms with Crippen molar-refractivity contribution >= 4 is 23.3 Å². The molecule has 2 aliphatic rings. The first-order valence-electron chi connectivity index (χ1n) is 11.0. The fraction of sp³-hybridized carbons (Fsp3) is 0.500. The quantitative estimate of drug-likeness (QED) is 0.516. The molecule has 2 aromatic rings. The lowest BCUT2D eigenvalue weighted by Crippen LogP contribution is -2.49. The molecule has 3 heterocycles. The number of hydrogen-bond acceptors (Lipinski definition) is 7. The van der Waals surface area contributed by atoms with Crippen molar-refractivity contribution in [1.82, 2.24) is 14.8 Å². The van der Waals surface area contributed by atoms with Crippen LogP contribution in [0, 0.1) is 5.82 Å². The van der Waals surface area contributed by atoms with E-state index in [4.69, 9.17) is 24.5 Å². The Morgan fingerprint density at radius 1 is 1.03 bits per heavy atom. The number of fused-ring (bicyclic) bond motifs is 1. The maximum absolute atomic E-state index is 13.7. The molecule has 2 saturated heterocycles. The van der Waals surface area contributed by atoms with Crippen molar-refractivity contribution in [1.29, 1.82) is 0 Å². The van der Waals surface area contributed by atoms with Gasteiger partial charge in [0.15, 0.2) is 0 Å². The van der Waals surface area contributed by atoms with Crippen LogP contribution in [-0.4, -0.2) is 87.6 Å². The Hall–Kier alpha value is -2.82. The van der Waals surface area contributed by atoms with E-state index >= 15 is 0 Å². The van der Waals surface area contributed by atoms with E-state index in [-0.39, 0.29) is 11.9 Å². The van der Waals surface area contributed by atoms with Gasteiger partial charge in [0, 0.05) is 49.4 Å². The van der Waals surface area contributed by atoms with Gasteiger partial charge in [-0.2, -0.15) is 26.3 Å². The van der Waals surface area contributed by atoms with Crippen LogP contribution >= 0.6 is 11.3 Å². The molecule has 38 heavy (non-hydrogen) atoms. The minimum Gasteiger partial charge on any atom is -0.475 e. The van der Waals surface area contributed by atoms with Crippen molar-refractivity contribution in [2.24, 2.45) is 0 Å². The maximum Gasteiger partial charge on any atom is 0.490 e. The van der Waals surface area contributed by atoms with Gasteiger partial charge in [0.2, 0.25) is 0 Å². The highest BCUT2D eigenvalue weighted by Crippen LogP contribution is 2.26. The molecule has 0 saturated carbocycles. The zero-order valence-electron chi connectivity index (χ0n) is 19.6. The van der Waals surface area contributed by atoms with Crippen LogP contribution in [-0.2, 0) is 27.5 Å². The predicted octanol–water partition coefficient (Wildman–Crippen LogP) is 4.02. The molecule has 0 radical (unpaired) electrons. The minimum absolute atomic E-state index is 0.178. The summed E-state index contributed by atoms with van der Waals surface area (Å²) < 4.78 is 83.2. The van der Waals surface area contributed by atoms with Crippen molar-refractivity contribution in [2.75, 3.05) is 26.2 Å². The molecule has 4 rings (SSSR count). The standard InChI is InChI=1S/C18H22FN3OS.2C2HF3O2/c19-17-4-2-1-3-14(17)13-23-16-9-15-10-21(6-7-22(15)11-16)12-18-20-5-8-24-18;2*3-2(4,5)1(6)7/h1-5,8,15-16H,6-7,9-13H2;2*(H,6,7)/t15-,16+;;/m0../s1. The summed E-state index contributed by atoms with van der Waals surface area (Å²) in [6, 6.07) is 7.41. The molecular formula is C22H24F7N3O5S. The number of carbonyl (C=O) groups is 2. The van der Waals surface area contributed by atoms with Gasteiger partial charge in [-0.3, -0.25) is 9.80 Å². The van der Waals surface area contributed by atoms with E-state index in [2.05, 4.69) is 14.8 Å². The second kappa shape index (κ2) is 13.8. The van der Waals surface area contributed by atoms with Crippen molar-refractivity contribution in [2.45, 2.75) is 44.1 Å². The lowest BCUT2D eigenvalue weighted by atomic mass is 10.1. The summed E-state index contributed by atoms with van der Waals surface area (Å²) in [5.74, 6) is -5.69. The number of benzene rings is 1. The molecule has 8 nitrogen and oxygen atoms in total. The molecule has 0 bridgehead atoms. The largest absolute Gasteiger partial charge is 0.490 e. The summed E-state index contributed by atoms with van der Waals surface area (Å²) in [7, 11) is 0. The zero-order chi connectivity index (χ0) is 28.5. The number of alkyl halides is 6. The summed E-state index contributed by atoms with van der Waals surface area (Å²) in [5.41, 5.74) is 0.646. The van der Waals surface area contributed by atoms with E-state index in [1.54, 1.807) is 23.5 Å². The molecule has 0 unspecified atom stereocenters. The maximum atomic E-state index is 13.7. The number of rotatable bonds is 5. The van der Waals surface area contributed by atoms with Crippen LogP contribution in [0.2, 0.25) is 0 Å². The van der Waals surface area contributed by atoms with E-state index in [9.17, 15) is 30.7 Å². The summed E-state index contributed by atoms with van der Waals surface area (Å²) >= 11 is 1.72. The Kier molecular flexibility index (Phi) is 11.4. The summed E-state index contributed by atoms with van der Waals surface area (Å²) in [6.45, 7) is 5.50. The van der Waals surface area contributed by atoms with Crippen molar-refractivity contribution in [3.63, 3.8) is 0 Å². The third kappa shape index (κ3) is 10.5. The number of aromatic nitrogens is 1. The summed E-state index contributed by atoms with van der Waals surface area (Å²) in [5, 5.41) is 17.5. The molecule has 212 valence electrons. The van der Waals surface area contributed by atoms with E-state index in [0.29, 0.717) is 18.2 Å². The average Bonchev–Trinajstić information content (AvgIpc) is 3.47. The number of thiazole rings is 1. The molecule has 0 aliphatic carbocycles. The van der Waals surface area contributed by atoms with Gasteiger partial charge in [0.1, 0.15) is 10.8 Å². The predicted molar refractivity (Wildman–Crippen MR) is 120 cm³/mol. The van der Waals surface area contributed by atoms with Crippen LogP contribution in [0.4, 0.5) is 30.7 Å². The van der Waals surface area contributed by atoms with Crippen LogP contribution in [0.5, 0.6) is 0 Å². The number of hydrogen-bond donors (Lipinski definition) is 2. The van der Waals surface area contributed by atoms with Gasteiger partial charge in [-0.1, -0.05) is 18.2 Å². The number of carboxylic acids is 2. The smallest absolute Gasteiger partial charge is 0.475 e. The summed E-state index contributed by atoms with van der Waals surface area (Å²) in [6.07, 6.45) is -7.06. The number of nitrogens with zero attached hydrogens (tertiary/aromatic N) is 3. The van der Waals surface area contributed by atoms with Gasteiger partial charge < -0.3 is 14.9 Å². The second-order valence-electron chi connectivity index (χ2n) is 8.18. The van der Waals surface area contributed by atoms with E-state index < -0.39 is 24.3 Å². The molecule has 0 amide bonds. The van der Waals surface area contributed by atoms with Crippen LogP contribution in [0.1, 0.15) is 17.0 Å². The normalized spacial score (nSPS) is 20.0. The van der Waals surface area contributed by atoms with Gasteiger partial charge in [-0.05, 0) is 12.5 Å². The number of halogens is 7. The Bertz CT molecular complexity index is 1010. The highest BCUT2D eigenvalue weighted by atomic mass is 32.1. The molecule has 1 aromatic carbocycles.